The summed E-state index contributed by atoms with van der Waals surface area (Å²) in [5.41, 5.74) is 0. The predicted octanol–water partition coefficient (Wildman–Crippen LogP) is 3.00. The molecule has 0 heterocycles. The van der Waals surface area contributed by atoms with Crippen LogP contribution in [0.1, 0.15) is 0 Å². The summed E-state index contributed by atoms with van der Waals surface area (Å²) in [5.74, 6) is 0. The average Bonchev–Trinajstić information content (AvgIpc) is 0.722. The molecule has 0 aromatic heterocycles. The monoisotopic (exact) mass is 552 g/mol. The number of halogens is 4. The van der Waals surface area contributed by atoms with Gasteiger partial charge in [0.15, 0.2) is 0 Å². The van der Waals surface area contributed by atoms with E-state index >= 15 is 0 Å². The van der Waals surface area contributed by atoms with Gasteiger partial charge in [-0.1, -0.05) is 0 Å². The van der Waals surface area contributed by atoms with Gasteiger partial charge in [-0.15, -0.1) is 0 Å². The molecule has 0 amide bonds. The summed E-state index contributed by atoms with van der Waals surface area (Å²) in [6, 6.07) is 0. The average molecular weight is 556 g/mol. The molecule has 0 aliphatic carbocycles. The first kappa shape index (κ1) is 12.9. The number of rotatable bonds is 0. The van der Waals surface area contributed by atoms with Crippen LogP contribution in [0.15, 0.2) is 0 Å². The third-order valence-electron chi connectivity index (χ3n) is 0. The molecule has 0 nitrogen and oxygen atoms in total. The van der Waals surface area contributed by atoms with Crippen LogP contribution in [0.2, 0.25) is 0 Å². The van der Waals surface area contributed by atoms with Gasteiger partial charge in [0.25, 0.3) is 0 Å². The molecule has 6 heavy (non-hydrogen) atoms. The molecule has 0 unspecified atom stereocenters. The Morgan fingerprint density at radius 1 is 0.833 bits per heavy atom. The fourth-order valence-electron chi connectivity index (χ4n) is 0. The molecule has 0 spiro atoms. The van der Waals surface area contributed by atoms with Crippen molar-refractivity contribution in [2.75, 3.05) is 0 Å². The molecule has 0 aliphatic heterocycles. The minimum atomic E-state index is -1.64. The van der Waals surface area contributed by atoms with Crippen LogP contribution in [-0.2, 0) is 8.59 Å². The standard InChI is InChI=1S/Au.4BrH.K/h;4*1H;/q+4;;;;;/p-4. The summed E-state index contributed by atoms with van der Waals surface area (Å²) in [7, 11) is -1.64. The summed E-state index contributed by atoms with van der Waals surface area (Å²) in [6.45, 7) is 0. The van der Waals surface area contributed by atoms with E-state index in [0.717, 1.165) is 0 Å². The van der Waals surface area contributed by atoms with Crippen molar-refractivity contribution in [1.82, 2.24) is 0 Å². The van der Waals surface area contributed by atoms with Gasteiger partial charge in [-0.25, -0.2) is 0 Å². The van der Waals surface area contributed by atoms with Gasteiger partial charge in [0, 0.05) is 51.4 Å². The summed E-state index contributed by atoms with van der Waals surface area (Å²) >= 11 is 13.2. The zero-order chi connectivity index (χ0) is 4.50. The molecular formula is AuBr4K. The molecule has 0 saturated heterocycles. The fourth-order valence-corrected chi connectivity index (χ4v) is 0. The van der Waals surface area contributed by atoms with E-state index in [1.54, 1.807) is 0 Å². The molecule has 40 valence electrons. The Kier molecular flexibility index (Phi) is 13.0. The van der Waals surface area contributed by atoms with Crippen molar-refractivity contribution in [3.63, 3.8) is 0 Å². The molecule has 0 aliphatic rings. The maximum absolute atomic E-state index is 3.30. The topological polar surface area (TPSA) is 0 Å². The van der Waals surface area contributed by atoms with Gasteiger partial charge in [0.2, 0.25) is 0 Å². The Morgan fingerprint density at radius 3 is 0.833 bits per heavy atom. The van der Waals surface area contributed by atoms with E-state index in [1.165, 1.54) is 0 Å². The number of hydrogen-bond donors (Lipinski definition) is 0. The van der Waals surface area contributed by atoms with Crippen LogP contribution in [0.25, 0.3) is 0 Å². The summed E-state index contributed by atoms with van der Waals surface area (Å²) < 4.78 is 0. The van der Waals surface area contributed by atoms with E-state index < -0.39 is 8.59 Å². The normalized spacial score (nSPS) is 12.7. The van der Waals surface area contributed by atoms with Crippen molar-refractivity contribution in [1.29, 1.82) is 0 Å². The van der Waals surface area contributed by atoms with Crippen LogP contribution >= 0.6 is 52.1 Å². The van der Waals surface area contributed by atoms with Gasteiger partial charge in [0.1, 0.15) is 0 Å². The van der Waals surface area contributed by atoms with Gasteiger partial charge in [-0.2, -0.15) is 0 Å². The van der Waals surface area contributed by atoms with Gasteiger partial charge in [-0.3, -0.25) is 0 Å². The molecule has 0 atom stereocenters. The van der Waals surface area contributed by atoms with Crippen LogP contribution in [0, 0.1) is 0 Å². The van der Waals surface area contributed by atoms with E-state index in [0.29, 0.717) is 0 Å². The summed E-state index contributed by atoms with van der Waals surface area (Å²) in [4.78, 5) is 0. The van der Waals surface area contributed by atoms with Crippen LogP contribution in [0.4, 0.5) is 0 Å². The van der Waals surface area contributed by atoms with Crippen LogP contribution < -0.4 is 0 Å². The minimum absolute atomic E-state index is 0. The molecule has 6 heteroatoms. The zero-order valence-corrected chi connectivity index (χ0v) is 14.4. The Morgan fingerprint density at radius 2 is 0.833 bits per heavy atom. The summed E-state index contributed by atoms with van der Waals surface area (Å²) in [5, 5.41) is 0. The first-order valence-electron chi connectivity index (χ1n) is 0.456. The SMILES string of the molecule is [Br][Au]([Br])([Br])[Br].[K]. The molecule has 0 rings (SSSR count). The maximum Gasteiger partial charge on any atom is 0 e. The Hall–Kier alpha value is 4.30. The van der Waals surface area contributed by atoms with E-state index in [2.05, 4.69) is 52.1 Å². The smallest absolute Gasteiger partial charge is 0 e. The molecule has 0 N–H and O–H groups in total. The van der Waals surface area contributed by atoms with Crippen LogP contribution in [0.3, 0.4) is 0 Å². The first-order valence-corrected chi connectivity index (χ1v) is 19.4. The van der Waals surface area contributed by atoms with Crippen molar-refractivity contribution in [2.45, 2.75) is 0 Å². The van der Waals surface area contributed by atoms with E-state index in [1.807, 2.05) is 0 Å². The third-order valence-corrected chi connectivity index (χ3v) is 0. The maximum atomic E-state index is 3.30. The Bertz CT molecular complexity index is 23.0. The van der Waals surface area contributed by atoms with Gasteiger partial charge < -0.3 is 0 Å². The van der Waals surface area contributed by atoms with Gasteiger partial charge in [-0.05, 0) is 0 Å². The molecule has 0 fully saturated rings. The second kappa shape index (κ2) is 6.04. The number of hydrogen-bond acceptors (Lipinski definition) is 0. The molecule has 0 bridgehead atoms. The second-order valence-electron chi connectivity index (χ2n) is 0.258. The summed E-state index contributed by atoms with van der Waals surface area (Å²) in [6.07, 6.45) is 0. The van der Waals surface area contributed by atoms with Crippen LogP contribution in [-0.4, -0.2) is 51.4 Å². The minimum Gasteiger partial charge on any atom is 0 e. The first-order chi connectivity index (χ1) is 2.00. The molecular weight excluding hydrogens is 556 g/mol. The second-order valence-corrected chi connectivity index (χ2v) is 57.1. The van der Waals surface area contributed by atoms with Crippen molar-refractivity contribution in [3.8, 4) is 0 Å². The third kappa shape index (κ3) is 23.9. The van der Waals surface area contributed by atoms with E-state index in [-0.39, 0.29) is 51.4 Å². The molecule has 0 aromatic rings. The van der Waals surface area contributed by atoms with Gasteiger partial charge in [0.05, 0.1) is 0 Å². The van der Waals surface area contributed by atoms with Crippen molar-refractivity contribution >= 4 is 103 Å². The van der Waals surface area contributed by atoms with Crippen molar-refractivity contribution in [3.05, 3.63) is 0 Å². The van der Waals surface area contributed by atoms with E-state index in [9.17, 15) is 0 Å². The van der Waals surface area contributed by atoms with Crippen molar-refractivity contribution < 1.29 is 8.59 Å². The quantitative estimate of drug-likeness (QED) is 0.404. The van der Waals surface area contributed by atoms with Gasteiger partial charge >= 0.3 is 60.7 Å². The van der Waals surface area contributed by atoms with Crippen molar-refractivity contribution in [2.24, 2.45) is 0 Å². The fraction of sp³-hybridized carbons (Fsp3) is 0. The van der Waals surface area contributed by atoms with E-state index in [4.69, 9.17) is 0 Å². The molecule has 1 radical (unpaired) electrons. The zero-order valence-electron chi connectivity index (χ0n) is 2.81. The Labute approximate surface area is 108 Å². The predicted molar refractivity (Wildman–Crippen MR) is 41.5 cm³/mol. The van der Waals surface area contributed by atoms with Crippen LogP contribution in [0.5, 0.6) is 0 Å². The molecule has 0 aromatic carbocycles. The Balaban J connectivity index is 0. The molecule has 0 saturated carbocycles. The largest absolute Gasteiger partial charge is 0 e.